The van der Waals surface area contributed by atoms with Crippen LogP contribution in [-0.4, -0.2) is 58.3 Å². The van der Waals surface area contributed by atoms with Crippen LogP contribution in [0.2, 0.25) is 0 Å². The molecule has 0 spiro atoms. The van der Waals surface area contributed by atoms with E-state index in [4.69, 9.17) is 4.99 Å². The number of rotatable bonds is 4. The van der Waals surface area contributed by atoms with Crippen LogP contribution in [-0.2, 0) is 13.6 Å². The van der Waals surface area contributed by atoms with E-state index in [9.17, 15) is 0 Å². The summed E-state index contributed by atoms with van der Waals surface area (Å²) < 4.78 is 1.77. The molecule has 1 aromatic heterocycles. The predicted octanol–water partition coefficient (Wildman–Crippen LogP) is 2.34. The molecule has 1 N–H and O–H groups in total. The molecule has 7 nitrogen and oxygen atoms in total. The highest BCUT2D eigenvalue weighted by Crippen LogP contribution is 2.23. The van der Waals surface area contributed by atoms with E-state index in [-0.39, 0.29) is 24.0 Å². The second-order valence-electron chi connectivity index (χ2n) is 6.66. The summed E-state index contributed by atoms with van der Waals surface area (Å²) >= 11 is 0. The van der Waals surface area contributed by atoms with Gasteiger partial charge in [-0.15, -0.1) is 24.0 Å². The zero-order valence-corrected chi connectivity index (χ0v) is 19.0. The molecule has 2 aromatic rings. The molecule has 0 saturated carbocycles. The second-order valence-corrected chi connectivity index (χ2v) is 6.66. The number of aliphatic imine (C=N–C) groups is 1. The molecule has 1 aromatic carbocycles. The third-order valence-corrected chi connectivity index (χ3v) is 5.01. The van der Waals surface area contributed by atoms with Gasteiger partial charge < -0.3 is 15.1 Å². The summed E-state index contributed by atoms with van der Waals surface area (Å²) in [6, 6.07) is 6.55. The first-order valence-corrected chi connectivity index (χ1v) is 9.27. The van der Waals surface area contributed by atoms with E-state index in [0.717, 1.165) is 44.5 Å². The normalized spacial score (nSPS) is 14.9. The molecular formula is C19H30IN7. The van der Waals surface area contributed by atoms with E-state index >= 15 is 0 Å². The summed E-state index contributed by atoms with van der Waals surface area (Å²) in [6.07, 6.45) is 1.57. The number of anilines is 1. The van der Waals surface area contributed by atoms with Crippen LogP contribution >= 0.6 is 24.0 Å². The summed E-state index contributed by atoms with van der Waals surface area (Å²) in [6.45, 7) is 11.8. The fraction of sp³-hybridized carbons (Fsp3) is 0.526. The molecule has 1 fully saturated rings. The molecule has 3 rings (SSSR count). The van der Waals surface area contributed by atoms with Gasteiger partial charge in [0, 0.05) is 45.5 Å². The van der Waals surface area contributed by atoms with Crippen molar-refractivity contribution in [3.63, 3.8) is 0 Å². The molecule has 0 bridgehead atoms. The maximum absolute atomic E-state index is 4.76. The van der Waals surface area contributed by atoms with Crippen molar-refractivity contribution in [3.05, 3.63) is 41.5 Å². The number of benzene rings is 1. The molecule has 2 heterocycles. The zero-order valence-electron chi connectivity index (χ0n) is 16.6. The van der Waals surface area contributed by atoms with Crippen LogP contribution in [0.5, 0.6) is 0 Å². The molecule has 148 valence electrons. The van der Waals surface area contributed by atoms with Gasteiger partial charge in [-0.3, -0.25) is 4.68 Å². The van der Waals surface area contributed by atoms with E-state index in [1.165, 1.54) is 16.8 Å². The summed E-state index contributed by atoms with van der Waals surface area (Å²) in [4.78, 5) is 13.8. The van der Waals surface area contributed by atoms with Crippen molar-refractivity contribution in [2.45, 2.75) is 27.3 Å². The van der Waals surface area contributed by atoms with Crippen molar-refractivity contribution in [2.75, 3.05) is 37.6 Å². The Bertz CT molecular complexity index is 763. The zero-order chi connectivity index (χ0) is 18.5. The maximum Gasteiger partial charge on any atom is 0.194 e. The first-order chi connectivity index (χ1) is 12.6. The van der Waals surface area contributed by atoms with Crippen molar-refractivity contribution in [3.8, 4) is 0 Å². The SMILES string of the molecule is CCNC(=NCc1ncnn1C)N1CCN(c2cccc(C)c2C)CC1.I. The van der Waals surface area contributed by atoms with Gasteiger partial charge in [-0.2, -0.15) is 5.10 Å². The largest absolute Gasteiger partial charge is 0.368 e. The number of nitrogens with one attached hydrogen (secondary N) is 1. The van der Waals surface area contributed by atoms with Gasteiger partial charge in [0.2, 0.25) is 0 Å². The van der Waals surface area contributed by atoms with Crippen molar-refractivity contribution in [1.29, 1.82) is 0 Å². The molecule has 1 aliphatic rings. The Balaban J connectivity index is 0.00000261. The van der Waals surface area contributed by atoms with Crippen molar-refractivity contribution >= 4 is 35.6 Å². The number of halogens is 1. The van der Waals surface area contributed by atoms with Crippen LogP contribution in [0.25, 0.3) is 0 Å². The minimum atomic E-state index is 0. The predicted molar refractivity (Wildman–Crippen MR) is 121 cm³/mol. The minimum Gasteiger partial charge on any atom is -0.368 e. The molecule has 0 atom stereocenters. The number of aryl methyl sites for hydroxylation is 2. The van der Waals surface area contributed by atoms with E-state index in [0.29, 0.717) is 6.54 Å². The highest BCUT2D eigenvalue weighted by molar-refractivity contribution is 14.0. The summed E-state index contributed by atoms with van der Waals surface area (Å²) in [7, 11) is 1.90. The minimum absolute atomic E-state index is 0. The number of aromatic nitrogens is 3. The number of piperazine rings is 1. The second kappa shape index (κ2) is 9.91. The third kappa shape index (κ3) is 5.12. The molecular weight excluding hydrogens is 453 g/mol. The lowest BCUT2D eigenvalue weighted by molar-refractivity contribution is 0.372. The summed E-state index contributed by atoms with van der Waals surface area (Å²) in [5.41, 5.74) is 4.08. The third-order valence-electron chi connectivity index (χ3n) is 5.01. The van der Waals surface area contributed by atoms with Crippen molar-refractivity contribution in [2.24, 2.45) is 12.0 Å². The Morgan fingerprint density at radius 3 is 2.56 bits per heavy atom. The topological polar surface area (TPSA) is 61.6 Å². The standard InChI is InChI=1S/C19H29N7.HI/c1-5-20-19(21-13-18-22-14-23-24(18)4)26-11-9-25(10-12-26)17-8-6-7-15(2)16(17)3;/h6-8,14H,5,9-13H2,1-4H3,(H,20,21);1H. The van der Waals surface area contributed by atoms with E-state index in [1.54, 1.807) is 11.0 Å². The molecule has 8 heteroatoms. The average Bonchev–Trinajstić information content (AvgIpc) is 3.06. The highest BCUT2D eigenvalue weighted by atomic mass is 127. The average molecular weight is 483 g/mol. The number of nitrogens with zero attached hydrogens (tertiary/aromatic N) is 6. The van der Waals surface area contributed by atoms with Crippen LogP contribution in [0.4, 0.5) is 5.69 Å². The molecule has 0 aliphatic carbocycles. The van der Waals surface area contributed by atoms with E-state index in [1.807, 2.05) is 7.05 Å². The van der Waals surface area contributed by atoms with Crippen LogP contribution in [0, 0.1) is 13.8 Å². The van der Waals surface area contributed by atoms with Gasteiger partial charge in [0.25, 0.3) is 0 Å². The lowest BCUT2D eigenvalue weighted by Gasteiger charge is -2.38. The number of hydrogen-bond donors (Lipinski definition) is 1. The number of hydrogen-bond acceptors (Lipinski definition) is 4. The molecule has 0 radical (unpaired) electrons. The fourth-order valence-electron chi connectivity index (χ4n) is 3.27. The molecule has 27 heavy (non-hydrogen) atoms. The maximum atomic E-state index is 4.76. The van der Waals surface area contributed by atoms with E-state index in [2.05, 4.69) is 64.2 Å². The lowest BCUT2D eigenvalue weighted by atomic mass is 10.1. The summed E-state index contributed by atoms with van der Waals surface area (Å²) in [5, 5.41) is 7.52. The van der Waals surface area contributed by atoms with Crippen LogP contribution < -0.4 is 10.2 Å². The molecule has 0 amide bonds. The number of guanidine groups is 1. The molecule has 1 saturated heterocycles. The first-order valence-electron chi connectivity index (χ1n) is 9.27. The Hall–Kier alpha value is -1.84. The smallest absolute Gasteiger partial charge is 0.194 e. The van der Waals surface area contributed by atoms with Gasteiger partial charge in [-0.1, -0.05) is 12.1 Å². The first kappa shape index (κ1) is 21.5. The Morgan fingerprint density at radius 1 is 1.19 bits per heavy atom. The van der Waals surface area contributed by atoms with Gasteiger partial charge in [0.05, 0.1) is 0 Å². The van der Waals surface area contributed by atoms with Gasteiger partial charge in [0.15, 0.2) is 5.96 Å². The van der Waals surface area contributed by atoms with Crippen LogP contribution in [0.15, 0.2) is 29.5 Å². The van der Waals surface area contributed by atoms with Crippen molar-refractivity contribution < 1.29 is 0 Å². The van der Waals surface area contributed by atoms with Gasteiger partial charge in [0.1, 0.15) is 18.7 Å². The van der Waals surface area contributed by atoms with Gasteiger partial charge >= 0.3 is 0 Å². The van der Waals surface area contributed by atoms with Gasteiger partial charge in [-0.05, 0) is 38.0 Å². The van der Waals surface area contributed by atoms with Crippen LogP contribution in [0.1, 0.15) is 23.9 Å². The Kier molecular flexibility index (Phi) is 7.88. The van der Waals surface area contributed by atoms with Crippen molar-refractivity contribution in [1.82, 2.24) is 25.0 Å². The van der Waals surface area contributed by atoms with E-state index < -0.39 is 0 Å². The fourth-order valence-corrected chi connectivity index (χ4v) is 3.27. The van der Waals surface area contributed by atoms with Crippen LogP contribution in [0.3, 0.4) is 0 Å². The lowest BCUT2D eigenvalue weighted by Crippen LogP contribution is -2.52. The summed E-state index contributed by atoms with van der Waals surface area (Å²) in [5.74, 6) is 1.82. The highest BCUT2D eigenvalue weighted by Gasteiger charge is 2.21. The Morgan fingerprint density at radius 2 is 1.93 bits per heavy atom. The molecule has 0 unspecified atom stereocenters. The Labute approximate surface area is 178 Å². The van der Waals surface area contributed by atoms with Gasteiger partial charge in [-0.25, -0.2) is 9.98 Å². The molecule has 1 aliphatic heterocycles. The quantitative estimate of drug-likeness (QED) is 0.411. The monoisotopic (exact) mass is 483 g/mol.